The number of fused-ring (bicyclic) bond motifs is 9. The van der Waals surface area contributed by atoms with Crippen molar-refractivity contribution in [2.24, 2.45) is 0 Å². The van der Waals surface area contributed by atoms with E-state index in [-0.39, 0.29) is 112 Å². The largest absolute Gasteiger partial charge is 0.311 e. The van der Waals surface area contributed by atoms with Gasteiger partial charge >= 0.3 is 0 Å². The molecule has 4 heteroatoms. The zero-order valence-corrected chi connectivity index (χ0v) is 38.2. The first-order chi connectivity index (χ1) is 49.2. The van der Waals surface area contributed by atoms with Crippen LogP contribution in [0.25, 0.3) is 82.8 Å². The third kappa shape index (κ3) is 6.69. The van der Waals surface area contributed by atoms with Gasteiger partial charge in [0.25, 0.3) is 6.71 Å². The lowest BCUT2D eigenvalue weighted by Crippen LogP contribution is -2.61. The maximum Gasteiger partial charge on any atom is 0.252 e. The van der Waals surface area contributed by atoms with Gasteiger partial charge in [-0.05, 0) is 132 Å². The van der Waals surface area contributed by atoms with Crippen LogP contribution in [-0.2, 0) is 0 Å². The van der Waals surface area contributed by atoms with E-state index in [1.807, 2.05) is 0 Å². The molecular weight excluding hydrogens is 894 g/mol. The highest BCUT2D eigenvalue weighted by Gasteiger charge is 2.44. The summed E-state index contributed by atoms with van der Waals surface area (Å²) in [6.07, 6.45) is 0. The molecule has 12 aromatic carbocycles. The first-order valence-corrected chi connectivity index (χ1v) is 23.2. The summed E-state index contributed by atoms with van der Waals surface area (Å²) in [5.74, 6) is 0. The number of rotatable bonds is 7. The van der Waals surface area contributed by atoms with Crippen molar-refractivity contribution in [1.82, 2.24) is 4.57 Å². The summed E-state index contributed by atoms with van der Waals surface area (Å²) in [4.78, 5) is 3.45. The van der Waals surface area contributed by atoms with Crippen LogP contribution in [0.4, 0.5) is 34.1 Å². The van der Waals surface area contributed by atoms with Crippen LogP contribution < -0.4 is 26.2 Å². The highest BCUT2D eigenvalue weighted by molar-refractivity contribution is 7.00. The van der Waals surface area contributed by atoms with E-state index in [2.05, 4.69) is 0 Å². The Balaban J connectivity index is 1.14. The molecule has 0 saturated heterocycles. The van der Waals surface area contributed by atoms with Crippen LogP contribution in [0, 0.1) is 0 Å². The van der Waals surface area contributed by atoms with Crippen LogP contribution in [0.1, 0.15) is 41.1 Å². The van der Waals surface area contributed by atoms with E-state index < -0.39 is 193 Å². The highest BCUT2D eigenvalue weighted by atomic mass is 15.2. The fourth-order valence-corrected chi connectivity index (χ4v) is 10.5. The minimum absolute atomic E-state index is 0.0319. The van der Waals surface area contributed by atoms with Crippen molar-refractivity contribution in [3.8, 4) is 50.2 Å². The molecule has 0 bridgehead atoms. The summed E-state index contributed by atoms with van der Waals surface area (Å²) >= 11 is 0. The fraction of sp³-hybridized carbons (Fsp3) is 0. The molecule has 2 aliphatic heterocycles. The number of aromatic nitrogens is 1. The zero-order valence-electron chi connectivity index (χ0n) is 68.2. The van der Waals surface area contributed by atoms with Crippen molar-refractivity contribution < 1.29 is 41.1 Å². The molecule has 15 rings (SSSR count). The van der Waals surface area contributed by atoms with Gasteiger partial charge in [0.2, 0.25) is 0 Å². The fourth-order valence-electron chi connectivity index (χ4n) is 10.5. The van der Waals surface area contributed by atoms with Gasteiger partial charge in [-0.1, -0.05) is 218 Å². The number of anilines is 6. The van der Waals surface area contributed by atoms with Crippen molar-refractivity contribution in [2.75, 3.05) is 9.80 Å². The number of nitrogens with zero attached hydrogens (tertiary/aromatic N) is 3. The van der Waals surface area contributed by atoms with E-state index in [0.717, 1.165) is 0 Å². The quantitative estimate of drug-likeness (QED) is 0.147. The Morgan fingerprint density at radius 2 is 0.716 bits per heavy atom. The Hall–Kier alpha value is -9.64. The minimum atomic E-state index is -1.18. The van der Waals surface area contributed by atoms with Crippen LogP contribution in [0.2, 0.25) is 0 Å². The van der Waals surface area contributed by atoms with Gasteiger partial charge in [0.1, 0.15) is 0 Å². The summed E-state index contributed by atoms with van der Waals surface area (Å²) in [5.41, 5.74) is 1.50. The molecule has 3 heterocycles. The standard InChI is InChI=1S/C70H46BN3/c1-5-17-47(18-6-1)51-29-36-56(37-30-51)72-64-40-34-54(49-21-9-3-10-22-49)43-61(64)71-62-44-55(50-23-11-4-12-24-50)35-41-65(62)73(57-38-31-52(32-39-57)48-19-7-2-8-20-48)68-46-58(45-67(72)70(68)71)74-63-28-16-15-27-60(63)69-59-26-14-13-25-53(59)33-42-66(69)74/h1-46H/i1D,2D,3D,4D,5D,6D,7D,8D,9D,10D,11D,12D,13D,14D,15D,16D,17D,18D,19D,20D,21D,22D,23D,24D,25D,26D,27D,28D,33D,42D. The molecule has 13 aromatic rings. The van der Waals surface area contributed by atoms with Gasteiger partial charge in [0.05, 0.1) is 57.8 Å². The van der Waals surface area contributed by atoms with Crippen molar-refractivity contribution in [3.63, 3.8) is 0 Å². The Kier molecular flexibility index (Phi) is 5.06. The molecule has 3 nitrogen and oxygen atoms in total. The lowest BCUT2D eigenvalue weighted by atomic mass is 9.33. The van der Waals surface area contributed by atoms with E-state index in [1.54, 1.807) is 70.5 Å². The normalized spacial score (nSPS) is 18.2. The van der Waals surface area contributed by atoms with Gasteiger partial charge in [-0.15, -0.1) is 0 Å². The molecule has 0 amide bonds. The minimum Gasteiger partial charge on any atom is -0.311 e. The highest BCUT2D eigenvalue weighted by Crippen LogP contribution is 2.48. The molecule has 0 radical (unpaired) electrons. The number of benzene rings is 12. The van der Waals surface area contributed by atoms with Crippen LogP contribution in [-0.4, -0.2) is 11.3 Å². The second kappa shape index (κ2) is 17.0. The molecular formula is C70H46BN3. The second-order valence-electron chi connectivity index (χ2n) is 17.4. The molecule has 0 unspecified atom stereocenters. The summed E-state index contributed by atoms with van der Waals surface area (Å²) < 4.78 is 271. The Morgan fingerprint density at radius 1 is 0.297 bits per heavy atom. The van der Waals surface area contributed by atoms with E-state index in [9.17, 15) is 13.7 Å². The van der Waals surface area contributed by atoms with E-state index >= 15 is 0 Å². The van der Waals surface area contributed by atoms with E-state index in [1.165, 1.54) is 41.0 Å². The van der Waals surface area contributed by atoms with Crippen molar-refractivity contribution >= 4 is 89.8 Å². The monoisotopic (exact) mass is 970 g/mol. The molecule has 0 saturated carbocycles. The molecule has 0 atom stereocenters. The summed E-state index contributed by atoms with van der Waals surface area (Å²) in [5, 5.41) is -1.29. The van der Waals surface area contributed by atoms with Gasteiger partial charge in [-0.25, -0.2) is 0 Å². The average molecular weight is 970 g/mol. The van der Waals surface area contributed by atoms with Crippen LogP contribution in [0.15, 0.2) is 278 Å². The van der Waals surface area contributed by atoms with Gasteiger partial charge in [-0.2, -0.15) is 0 Å². The smallest absolute Gasteiger partial charge is 0.252 e. The SMILES string of the molecule is [2H]c1c([2H])c([2H])c(-c2ccc(N3c4ccc(-c5c([2H])c([2H])c([2H])c([2H])c5[2H])cc4B4c5cc(-c6c([2H])c([2H])c([2H])c([2H])c6[2H])ccc5N(c5ccc(-c6c([2H])c([2H])c([2H])c([2H])c6[2H])cc5)c5cc(-n6c7c([2H])c([2H])c([2H])c([2H])c7c7c8c([2H])c([2H])c([2H])c([2H])c8c([2H])c([2H])c76)cc3c54)cc2)c([2H])c1[2H]. The zero-order chi connectivity index (χ0) is 74.8. The summed E-state index contributed by atoms with van der Waals surface area (Å²) in [6.45, 7) is -1.18. The maximum atomic E-state index is 10.0. The third-order valence-corrected chi connectivity index (χ3v) is 13.6. The van der Waals surface area contributed by atoms with Crippen LogP contribution in [0.5, 0.6) is 0 Å². The second-order valence-corrected chi connectivity index (χ2v) is 17.4. The predicted octanol–water partition coefficient (Wildman–Crippen LogP) is 16.7. The van der Waals surface area contributed by atoms with Crippen molar-refractivity contribution in [3.05, 3.63) is 278 Å². The molecule has 0 spiro atoms. The van der Waals surface area contributed by atoms with Gasteiger partial charge in [-0.3, -0.25) is 0 Å². The Bertz CT molecular complexity index is 5760. The van der Waals surface area contributed by atoms with Crippen molar-refractivity contribution in [2.45, 2.75) is 0 Å². The van der Waals surface area contributed by atoms with Crippen molar-refractivity contribution in [1.29, 1.82) is 0 Å². The summed E-state index contributed by atoms with van der Waals surface area (Å²) in [7, 11) is 0. The molecule has 0 aliphatic carbocycles. The predicted molar refractivity (Wildman–Crippen MR) is 314 cm³/mol. The van der Waals surface area contributed by atoms with Crippen LogP contribution >= 0.6 is 0 Å². The van der Waals surface area contributed by atoms with E-state index in [4.69, 9.17) is 27.4 Å². The Labute approximate surface area is 473 Å². The summed E-state index contributed by atoms with van der Waals surface area (Å²) in [6, 6.07) is 5.86. The molecule has 74 heavy (non-hydrogen) atoms. The van der Waals surface area contributed by atoms with E-state index in [0.29, 0.717) is 16.4 Å². The molecule has 0 fully saturated rings. The lowest BCUT2D eigenvalue weighted by Gasteiger charge is -2.44. The number of hydrogen-bond acceptors (Lipinski definition) is 2. The topological polar surface area (TPSA) is 11.4 Å². The van der Waals surface area contributed by atoms with Crippen LogP contribution in [0.3, 0.4) is 0 Å². The Morgan fingerprint density at radius 3 is 1.22 bits per heavy atom. The van der Waals surface area contributed by atoms with Gasteiger partial charge < -0.3 is 14.4 Å². The maximum absolute atomic E-state index is 10.0. The molecule has 344 valence electrons. The third-order valence-electron chi connectivity index (χ3n) is 13.6. The first-order valence-electron chi connectivity index (χ1n) is 38.2. The first kappa shape index (κ1) is 22.0. The number of para-hydroxylation sites is 1. The molecule has 0 N–H and O–H groups in total. The molecule has 2 aliphatic rings. The average Bonchev–Trinajstić information content (AvgIpc) is 1.31. The number of hydrogen-bond donors (Lipinski definition) is 0. The van der Waals surface area contributed by atoms with Gasteiger partial charge in [0.15, 0.2) is 0 Å². The lowest BCUT2D eigenvalue weighted by molar-refractivity contribution is 1.16. The van der Waals surface area contributed by atoms with Gasteiger partial charge in [0, 0.05) is 44.9 Å². The molecule has 1 aromatic heterocycles.